The maximum atomic E-state index is 14.4. The number of aliphatic imine (C=N–C) groups is 1. The molecule has 0 spiro atoms. The number of aliphatic hydroxyl groups excluding tert-OH is 1. The lowest BCUT2D eigenvalue weighted by Gasteiger charge is -2.31. The van der Waals surface area contributed by atoms with Gasteiger partial charge in [0.1, 0.15) is 17.2 Å². The smallest absolute Gasteiger partial charge is 0.266 e. The second kappa shape index (κ2) is 15.1. The van der Waals surface area contributed by atoms with Crippen LogP contribution in [0.2, 0.25) is 0 Å². The summed E-state index contributed by atoms with van der Waals surface area (Å²) in [4.78, 5) is 19.5. The van der Waals surface area contributed by atoms with Gasteiger partial charge in [0, 0.05) is 47.7 Å². The van der Waals surface area contributed by atoms with E-state index in [1.165, 1.54) is 0 Å². The van der Waals surface area contributed by atoms with Crippen LogP contribution in [0, 0.1) is 0 Å². The molecule has 1 aliphatic heterocycles. The van der Waals surface area contributed by atoms with Crippen LogP contribution in [-0.4, -0.2) is 49.9 Å². The number of hydrazine groups is 1. The summed E-state index contributed by atoms with van der Waals surface area (Å²) >= 11 is 3.52. The number of nitrogens with zero attached hydrogens (tertiary/aromatic N) is 1. The van der Waals surface area contributed by atoms with Gasteiger partial charge in [-0.05, 0) is 53.6 Å². The lowest BCUT2D eigenvalue weighted by Crippen LogP contribution is -2.53. The zero-order valence-electron chi connectivity index (χ0n) is 25.2. The van der Waals surface area contributed by atoms with E-state index in [1.54, 1.807) is 20.3 Å². The van der Waals surface area contributed by atoms with Gasteiger partial charge in [-0.15, -0.1) is 0 Å². The van der Waals surface area contributed by atoms with E-state index in [-0.39, 0.29) is 12.5 Å². The molecule has 0 aliphatic carbocycles. The maximum Gasteiger partial charge on any atom is 0.266 e. The van der Waals surface area contributed by atoms with Gasteiger partial charge in [-0.1, -0.05) is 64.5 Å². The van der Waals surface area contributed by atoms with Crippen molar-refractivity contribution in [3.8, 4) is 17.2 Å². The normalized spacial score (nSPS) is 17.2. The Morgan fingerprint density at radius 3 is 2.38 bits per heavy atom. The Morgan fingerprint density at radius 1 is 0.956 bits per heavy atom. The van der Waals surface area contributed by atoms with E-state index < -0.39 is 11.6 Å². The molecule has 5 rings (SSSR count). The molecule has 9 nitrogen and oxygen atoms in total. The number of carbonyl (C=O) groups excluding carboxylic acids is 1. The van der Waals surface area contributed by atoms with Gasteiger partial charge >= 0.3 is 0 Å². The fourth-order valence-electron chi connectivity index (χ4n) is 5.15. The highest BCUT2D eigenvalue weighted by Gasteiger charge is 2.53. The monoisotopic (exact) mass is 673 g/mol. The first kappa shape index (κ1) is 32.0. The first-order valence-electron chi connectivity index (χ1n) is 14.6. The Bertz CT molecular complexity index is 1600. The van der Waals surface area contributed by atoms with Gasteiger partial charge in [-0.2, -0.15) is 0 Å². The molecule has 0 saturated heterocycles. The summed E-state index contributed by atoms with van der Waals surface area (Å²) in [7, 11) is 3.19. The van der Waals surface area contributed by atoms with Crippen molar-refractivity contribution in [3.63, 3.8) is 0 Å². The van der Waals surface area contributed by atoms with Crippen molar-refractivity contribution in [1.29, 1.82) is 0 Å². The van der Waals surface area contributed by atoms with Crippen LogP contribution in [0.5, 0.6) is 17.2 Å². The van der Waals surface area contributed by atoms with E-state index in [1.807, 2.05) is 91.0 Å². The van der Waals surface area contributed by atoms with Crippen LogP contribution in [-0.2, 0) is 22.5 Å². The van der Waals surface area contributed by atoms with Crippen LogP contribution in [0.3, 0.4) is 0 Å². The molecule has 2 atom stereocenters. The maximum absolute atomic E-state index is 14.4. The van der Waals surface area contributed by atoms with Crippen LogP contribution < -0.4 is 25.1 Å². The Kier molecular flexibility index (Phi) is 10.7. The highest BCUT2D eigenvalue weighted by atomic mass is 79.9. The molecule has 10 heteroatoms. The summed E-state index contributed by atoms with van der Waals surface area (Å²) in [5.74, 6) is 1.99. The third kappa shape index (κ3) is 7.65. The molecule has 0 saturated carbocycles. The molecule has 45 heavy (non-hydrogen) atoms. The predicted octanol–water partition coefficient (Wildman–Crippen LogP) is 5.55. The first-order valence-corrected chi connectivity index (χ1v) is 15.4. The van der Waals surface area contributed by atoms with E-state index in [0.29, 0.717) is 54.7 Å². The Labute approximate surface area is 271 Å². The SMILES string of the molecule is COc1ccc(CNNC(=O)[C@@]2(Cc3ccccc3)N=C(c3ccc(OCCCO)cc3)O[C@H]2c2ccc(Br)cc2)c(OC)c1. The number of methoxy groups -OCH3 is 2. The molecule has 3 N–H and O–H groups in total. The van der Waals surface area contributed by atoms with E-state index >= 15 is 0 Å². The van der Waals surface area contributed by atoms with Gasteiger partial charge in [0.15, 0.2) is 11.6 Å². The van der Waals surface area contributed by atoms with E-state index in [2.05, 4.69) is 26.8 Å². The van der Waals surface area contributed by atoms with Crippen LogP contribution in [0.1, 0.15) is 34.8 Å². The quantitative estimate of drug-likeness (QED) is 0.119. The molecule has 234 valence electrons. The number of rotatable bonds is 14. The summed E-state index contributed by atoms with van der Waals surface area (Å²) in [5.41, 5.74) is 7.96. The largest absolute Gasteiger partial charge is 0.497 e. The summed E-state index contributed by atoms with van der Waals surface area (Å²) < 4.78 is 24.0. The number of aliphatic hydroxyl groups is 1. The fraction of sp³-hybridized carbons (Fsp3) is 0.257. The molecule has 0 fully saturated rings. The minimum absolute atomic E-state index is 0.0637. The molecule has 0 radical (unpaired) electrons. The van der Waals surface area contributed by atoms with E-state index in [0.717, 1.165) is 21.2 Å². The highest BCUT2D eigenvalue weighted by molar-refractivity contribution is 9.10. The third-order valence-corrected chi connectivity index (χ3v) is 8.02. The number of ether oxygens (including phenoxy) is 4. The summed E-state index contributed by atoms with van der Waals surface area (Å²) in [6.45, 7) is 0.779. The molecule has 4 aromatic rings. The molecule has 1 heterocycles. The van der Waals surface area contributed by atoms with Crippen molar-refractivity contribution in [2.45, 2.75) is 31.0 Å². The van der Waals surface area contributed by atoms with Crippen molar-refractivity contribution in [1.82, 2.24) is 10.9 Å². The molecule has 1 aliphatic rings. The third-order valence-electron chi connectivity index (χ3n) is 7.49. The number of carbonyl (C=O) groups is 1. The average Bonchev–Trinajstić information content (AvgIpc) is 3.46. The standard InChI is InChI=1S/C35H36BrN3O6/c1-42-30-18-13-27(31(21-30)43-2)23-37-39-34(41)35(22-24-7-4-3-5-8-24)32(25-9-14-28(36)15-10-25)45-33(38-35)26-11-16-29(17-12-26)44-20-6-19-40/h3-5,7-18,21,32,37,40H,6,19-20,22-23H2,1-2H3,(H,39,41)/t32-,35-/m0/s1. The van der Waals surface area contributed by atoms with Crippen LogP contribution in [0.15, 0.2) is 107 Å². The van der Waals surface area contributed by atoms with Crippen molar-refractivity contribution >= 4 is 27.7 Å². The van der Waals surface area contributed by atoms with Crippen molar-refractivity contribution in [2.75, 3.05) is 27.4 Å². The average molecular weight is 675 g/mol. The van der Waals surface area contributed by atoms with Crippen molar-refractivity contribution in [2.24, 2.45) is 4.99 Å². The van der Waals surface area contributed by atoms with Crippen molar-refractivity contribution in [3.05, 3.63) is 124 Å². The minimum Gasteiger partial charge on any atom is -0.497 e. The first-order chi connectivity index (χ1) is 22.0. The second-order valence-corrected chi connectivity index (χ2v) is 11.4. The molecular weight excluding hydrogens is 638 g/mol. The Morgan fingerprint density at radius 2 is 1.69 bits per heavy atom. The van der Waals surface area contributed by atoms with Crippen LogP contribution in [0.4, 0.5) is 0 Å². The Hall–Kier alpha value is -4.38. The predicted molar refractivity (Wildman–Crippen MR) is 176 cm³/mol. The van der Waals surface area contributed by atoms with Crippen LogP contribution in [0.25, 0.3) is 0 Å². The van der Waals surface area contributed by atoms with Gasteiger partial charge < -0.3 is 24.1 Å². The number of hydrogen-bond acceptors (Lipinski definition) is 8. The van der Waals surface area contributed by atoms with Gasteiger partial charge in [0.2, 0.25) is 5.90 Å². The summed E-state index contributed by atoms with van der Waals surface area (Å²) in [6.07, 6.45) is 0.112. The van der Waals surface area contributed by atoms with Gasteiger partial charge in [-0.25, -0.2) is 10.4 Å². The fourth-order valence-corrected chi connectivity index (χ4v) is 5.42. The molecule has 0 unspecified atom stereocenters. The van der Waals surface area contributed by atoms with Gasteiger partial charge in [0.05, 0.1) is 20.8 Å². The Balaban J connectivity index is 1.48. The number of benzene rings is 4. The van der Waals surface area contributed by atoms with Crippen LogP contribution >= 0.6 is 15.9 Å². The molecule has 4 aromatic carbocycles. The number of nitrogens with one attached hydrogen (secondary N) is 2. The van der Waals surface area contributed by atoms with E-state index in [9.17, 15) is 4.79 Å². The van der Waals surface area contributed by atoms with Crippen molar-refractivity contribution < 1.29 is 28.8 Å². The lowest BCUT2D eigenvalue weighted by atomic mass is 9.82. The van der Waals surface area contributed by atoms with Gasteiger partial charge in [-0.3, -0.25) is 10.2 Å². The molecule has 1 amide bonds. The molecule has 0 aromatic heterocycles. The number of amides is 1. The summed E-state index contributed by atoms with van der Waals surface area (Å²) in [6, 6.07) is 30.4. The minimum atomic E-state index is -1.35. The summed E-state index contributed by atoms with van der Waals surface area (Å²) in [5, 5.41) is 9.06. The highest BCUT2D eigenvalue weighted by Crippen LogP contribution is 2.42. The number of halogens is 1. The number of hydrogen-bond donors (Lipinski definition) is 3. The lowest BCUT2D eigenvalue weighted by molar-refractivity contribution is -0.130. The zero-order chi connectivity index (χ0) is 31.6. The topological polar surface area (TPSA) is 111 Å². The molecule has 0 bridgehead atoms. The molecular formula is C35H36BrN3O6. The van der Waals surface area contributed by atoms with Gasteiger partial charge in [0.25, 0.3) is 5.91 Å². The zero-order valence-corrected chi connectivity index (χ0v) is 26.8. The second-order valence-electron chi connectivity index (χ2n) is 10.5. The van der Waals surface area contributed by atoms with E-state index in [4.69, 9.17) is 29.0 Å².